The van der Waals surface area contributed by atoms with E-state index in [1.807, 2.05) is 77.7 Å². The van der Waals surface area contributed by atoms with Crippen molar-refractivity contribution in [2.75, 3.05) is 44.3 Å². The van der Waals surface area contributed by atoms with E-state index in [-0.39, 0.29) is 5.91 Å². The van der Waals surface area contributed by atoms with Gasteiger partial charge in [0.25, 0.3) is 0 Å². The van der Waals surface area contributed by atoms with Gasteiger partial charge in [-0.05, 0) is 24.2 Å². The van der Waals surface area contributed by atoms with Crippen LogP contribution in [0.15, 0.2) is 72.8 Å². The highest BCUT2D eigenvalue weighted by Crippen LogP contribution is 2.39. The van der Waals surface area contributed by atoms with Crippen LogP contribution in [0.2, 0.25) is 0 Å². The molecule has 1 aromatic heterocycles. The number of rotatable bonds is 9. The zero-order chi connectivity index (χ0) is 24.9. The molecule has 1 aliphatic rings. The smallest absolute Gasteiger partial charge is 0.240 e. The van der Waals surface area contributed by atoms with Gasteiger partial charge in [-0.1, -0.05) is 85.8 Å². The van der Waals surface area contributed by atoms with Gasteiger partial charge in [-0.2, -0.15) is 0 Å². The molecule has 0 radical (unpaired) electrons. The molecule has 1 amide bonds. The van der Waals surface area contributed by atoms with E-state index in [0.29, 0.717) is 30.6 Å². The molecule has 4 aromatic rings. The lowest BCUT2D eigenvalue weighted by Gasteiger charge is -2.28. The first-order chi connectivity index (χ1) is 17.7. The highest BCUT2D eigenvalue weighted by Gasteiger charge is 2.30. The van der Waals surface area contributed by atoms with Crippen molar-refractivity contribution in [3.63, 3.8) is 0 Å². The molecule has 0 fully saturated rings. The summed E-state index contributed by atoms with van der Waals surface area (Å²) in [5.41, 5.74) is 2.76. The molecule has 0 aliphatic carbocycles. The molecule has 36 heavy (non-hydrogen) atoms. The summed E-state index contributed by atoms with van der Waals surface area (Å²) >= 11 is 1.52. The van der Waals surface area contributed by atoms with Crippen LogP contribution in [0.1, 0.15) is 30.9 Å². The molecule has 186 valence electrons. The summed E-state index contributed by atoms with van der Waals surface area (Å²) in [4.78, 5) is 23.5. The first-order valence-electron chi connectivity index (χ1n) is 12.5. The zero-order valence-electron chi connectivity index (χ0n) is 20.7. The Balaban J connectivity index is 1.56. The number of nitrogens with zero attached hydrogens (tertiary/aromatic N) is 3. The first kappa shape index (κ1) is 24.3. The van der Waals surface area contributed by atoms with Crippen LogP contribution in [0.3, 0.4) is 0 Å². The van der Waals surface area contributed by atoms with Gasteiger partial charge in [-0.3, -0.25) is 9.69 Å². The molecule has 6 nitrogen and oxygen atoms in total. The van der Waals surface area contributed by atoms with Crippen LogP contribution in [0, 0.1) is 0 Å². The third kappa shape index (κ3) is 5.08. The molecule has 0 spiro atoms. The molecular weight excluding hydrogens is 470 g/mol. The van der Waals surface area contributed by atoms with Crippen molar-refractivity contribution in [2.45, 2.75) is 19.8 Å². The lowest BCUT2D eigenvalue weighted by molar-refractivity contribution is -0.119. The van der Waals surface area contributed by atoms with E-state index in [9.17, 15) is 4.79 Å². The Morgan fingerprint density at radius 3 is 2.06 bits per heavy atom. The predicted molar refractivity (Wildman–Crippen MR) is 145 cm³/mol. The highest BCUT2D eigenvalue weighted by atomic mass is 32.1. The summed E-state index contributed by atoms with van der Waals surface area (Å²) in [6.45, 7) is 8.55. The first-order valence-corrected chi connectivity index (χ1v) is 13.3. The number of likely N-dealkylation sites (N-methyl/N-ethyl adjacent to an activating group) is 1. The van der Waals surface area contributed by atoms with Gasteiger partial charge in [0.15, 0.2) is 16.6 Å². The van der Waals surface area contributed by atoms with E-state index >= 15 is 0 Å². The average Bonchev–Trinajstić information content (AvgIpc) is 3.33. The summed E-state index contributed by atoms with van der Waals surface area (Å²) in [5, 5.41) is 0.696. The van der Waals surface area contributed by atoms with Gasteiger partial charge in [0.1, 0.15) is 13.2 Å². The van der Waals surface area contributed by atoms with Crippen LogP contribution in [0.5, 0.6) is 11.5 Å². The molecule has 0 atom stereocenters. The number of ether oxygens (including phenoxy) is 2. The van der Waals surface area contributed by atoms with E-state index in [1.54, 1.807) is 0 Å². The number of thiazole rings is 1. The Morgan fingerprint density at radius 2 is 1.47 bits per heavy atom. The van der Waals surface area contributed by atoms with Gasteiger partial charge in [-0.15, -0.1) is 0 Å². The Bertz CT molecular complexity index is 1220. The maximum absolute atomic E-state index is 14.4. The summed E-state index contributed by atoms with van der Waals surface area (Å²) in [5.74, 6) is 1.04. The molecule has 3 aromatic carbocycles. The molecule has 2 heterocycles. The van der Waals surface area contributed by atoms with Crippen molar-refractivity contribution in [2.24, 2.45) is 0 Å². The van der Waals surface area contributed by atoms with Crippen molar-refractivity contribution in [3.8, 4) is 11.5 Å². The minimum Gasteiger partial charge on any atom is -0.486 e. The average molecular weight is 502 g/mol. The highest BCUT2D eigenvalue weighted by molar-refractivity contribution is 7.22. The Morgan fingerprint density at radius 1 is 0.889 bits per heavy atom. The van der Waals surface area contributed by atoms with Gasteiger partial charge in [0.05, 0.1) is 16.1 Å². The zero-order valence-corrected chi connectivity index (χ0v) is 21.5. The molecule has 1 aliphatic heterocycles. The molecular formula is C29H31N3O3S. The normalized spacial score (nSPS) is 12.9. The number of carbonyl (C=O) groups excluding carboxylic acids is 1. The largest absolute Gasteiger partial charge is 0.486 e. The van der Waals surface area contributed by atoms with E-state index in [4.69, 9.17) is 14.5 Å². The summed E-state index contributed by atoms with van der Waals surface area (Å²) in [6, 6.07) is 23.9. The fourth-order valence-electron chi connectivity index (χ4n) is 4.57. The maximum atomic E-state index is 14.4. The number of amides is 1. The van der Waals surface area contributed by atoms with Crippen LogP contribution in [0.25, 0.3) is 10.2 Å². The lowest BCUT2D eigenvalue weighted by atomic mass is 9.90. The number of carbonyl (C=O) groups is 1. The number of anilines is 1. The van der Waals surface area contributed by atoms with Gasteiger partial charge < -0.3 is 14.4 Å². The van der Waals surface area contributed by atoms with Crippen molar-refractivity contribution in [3.05, 3.63) is 83.9 Å². The monoisotopic (exact) mass is 501 g/mol. The van der Waals surface area contributed by atoms with Gasteiger partial charge in [0, 0.05) is 25.2 Å². The van der Waals surface area contributed by atoms with Gasteiger partial charge in [-0.25, -0.2) is 4.98 Å². The molecule has 5 rings (SSSR count). The molecule has 0 saturated carbocycles. The van der Waals surface area contributed by atoms with E-state index in [1.165, 1.54) is 11.3 Å². The van der Waals surface area contributed by atoms with Crippen LogP contribution in [0.4, 0.5) is 5.13 Å². The predicted octanol–water partition coefficient (Wildman–Crippen LogP) is 5.57. The number of fused-ring (bicyclic) bond motifs is 2. The third-order valence-electron chi connectivity index (χ3n) is 6.59. The molecule has 7 heteroatoms. The standard InChI is InChI=1S/C29H31N3O3S/c1-3-31(4-2)15-16-32(29-30-23-19-24-25(20-26(23)36-29)35-18-17-34-24)28(33)27(21-11-7-5-8-12-21)22-13-9-6-10-14-22/h5-14,19-20,27H,3-4,15-18H2,1-2H3. The second-order valence-electron chi connectivity index (χ2n) is 8.73. The summed E-state index contributed by atoms with van der Waals surface area (Å²) in [6.07, 6.45) is 0. The van der Waals surface area contributed by atoms with Crippen molar-refractivity contribution in [1.29, 1.82) is 0 Å². The van der Waals surface area contributed by atoms with E-state index in [0.717, 1.165) is 46.7 Å². The second-order valence-corrected chi connectivity index (χ2v) is 9.74. The Hall–Kier alpha value is -3.42. The van der Waals surface area contributed by atoms with Crippen molar-refractivity contribution < 1.29 is 14.3 Å². The maximum Gasteiger partial charge on any atom is 0.240 e. The molecule has 0 unspecified atom stereocenters. The number of hydrogen-bond donors (Lipinski definition) is 0. The number of benzene rings is 3. The molecule has 0 N–H and O–H groups in total. The lowest BCUT2D eigenvalue weighted by Crippen LogP contribution is -2.41. The van der Waals surface area contributed by atoms with Crippen LogP contribution >= 0.6 is 11.3 Å². The SMILES string of the molecule is CCN(CC)CCN(C(=O)C(c1ccccc1)c1ccccc1)c1nc2cc3c(cc2s1)OCCO3. The third-order valence-corrected chi connectivity index (χ3v) is 7.63. The topological polar surface area (TPSA) is 54.9 Å². The summed E-state index contributed by atoms with van der Waals surface area (Å²) < 4.78 is 12.5. The molecule has 0 bridgehead atoms. The van der Waals surface area contributed by atoms with E-state index < -0.39 is 5.92 Å². The fraction of sp³-hybridized carbons (Fsp3) is 0.310. The van der Waals surface area contributed by atoms with E-state index in [2.05, 4.69) is 18.7 Å². The summed E-state index contributed by atoms with van der Waals surface area (Å²) in [7, 11) is 0. The number of aromatic nitrogens is 1. The van der Waals surface area contributed by atoms with Gasteiger partial charge >= 0.3 is 0 Å². The minimum atomic E-state index is -0.420. The Labute approximate surface area is 216 Å². The van der Waals surface area contributed by atoms with Crippen LogP contribution < -0.4 is 14.4 Å². The fourth-order valence-corrected chi connectivity index (χ4v) is 5.58. The molecule has 0 saturated heterocycles. The number of hydrogen-bond acceptors (Lipinski definition) is 6. The Kier molecular flexibility index (Phi) is 7.49. The quantitative estimate of drug-likeness (QED) is 0.300. The van der Waals surface area contributed by atoms with Gasteiger partial charge in [0.2, 0.25) is 5.91 Å². The van der Waals surface area contributed by atoms with Crippen molar-refractivity contribution in [1.82, 2.24) is 9.88 Å². The van der Waals surface area contributed by atoms with Crippen molar-refractivity contribution >= 4 is 32.6 Å². The van der Waals surface area contributed by atoms with Crippen LogP contribution in [-0.4, -0.2) is 55.2 Å². The van der Waals surface area contributed by atoms with Crippen LogP contribution in [-0.2, 0) is 4.79 Å². The minimum absolute atomic E-state index is 0.0240. The second kappa shape index (κ2) is 11.1.